The van der Waals surface area contributed by atoms with Gasteiger partial charge in [-0.2, -0.15) is 0 Å². The van der Waals surface area contributed by atoms with Gasteiger partial charge in [-0.3, -0.25) is 0 Å². The molecule has 0 heterocycles. The van der Waals surface area contributed by atoms with Gasteiger partial charge in [0.2, 0.25) is 0 Å². The highest BCUT2D eigenvalue weighted by Gasteiger charge is 2.09. The fourth-order valence-electron chi connectivity index (χ4n) is 1.87. The van der Waals surface area contributed by atoms with E-state index >= 15 is 0 Å². The molecule has 0 aliphatic heterocycles. The molecule has 0 amide bonds. The van der Waals surface area contributed by atoms with Crippen molar-refractivity contribution in [2.24, 2.45) is 5.73 Å². The molecule has 0 saturated heterocycles. The van der Waals surface area contributed by atoms with Crippen LogP contribution in [0.25, 0.3) is 0 Å². The third kappa shape index (κ3) is 4.62. The van der Waals surface area contributed by atoms with Gasteiger partial charge in [0.1, 0.15) is 11.5 Å². The zero-order valence-electron chi connectivity index (χ0n) is 11.6. The van der Waals surface area contributed by atoms with Crippen molar-refractivity contribution in [3.05, 3.63) is 56.5 Å². The molecule has 0 aliphatic rings. The number of ether oxygens (including phenoxy) is 1. The Balaban J connectivity index is 2.16. The van der Waals surface area contributed by atoms with Crippen LogP contribution in [-0.2, 0) is 6.42 Å². The van der Waals surface area contributed by atoms with Crippen molar-refractivity contribution in [1.82, 2.24) is 0 Å². The van der Waals surface area contributed by atoms with Crippen LogP contribution in [0.2, 0.25) is 10.0 Å². The maximum absolute atomic E-state index is 6.10. The van der Waals surface area contributed by atoms with Crippen molar-refractivity contribution < 1.29 is 4.74 Å². The number of nitrogens with two attached hydrogens (primary N) is 1. The van der Waals surface area contributed by atoms with Gasteiger partial charge in [-0.15, -0.1) is 0 Å². The van der Waals surface area contributed by atoms with E-state index in [4.69, 9.17) is 33.7 Å². The van der Waals surface area contributed by atoms with Crippen LogP contribution in [0.15, 0.2) is 40.9 Å². The molecule has 112 valence electrons. The van der Waals surface area contributed by atoms with Crippen molar-refractivity contribution in [1.29, 1.82) is 0 Å². The van der Waals surface area contributed by atoms with Crippen molar-refractivity contribution in [3.8, 4) is 11.5 Å². The summed E-state index contributed by atoms with van der Waals surface area (Å²) in [5.41, 5.74) is 7.15. The number of hydrogen-bond acceptors (Lipinski definition) is 2. The zero-order valence-corrected chi connectivity index (χ0v) is 14.7. The van der Waals surface area contributed by atoms with Gasteiger partial charge in [-0.1, -0.05) is 52.1 Å². The molecule has 0 saturated carbocycles. The maximum Gasteiger partial charge on any atom is 0.146 e. The lowest BCUT2D eigenvalue weighted by atomic mass is 10.0. The highest BCUT2D eigenvalue weighted by atomic mass is 79.9. The molecule has 0 aromatic heterocycles. The number of halogens is 3. The van der Waals surface area contributed by atoms with Gasteiger partial charge in [0, 0.05) is 15.5 Å². The minimum atomic E-state index is 0.166. The molecule has 1 atom stereocenters. The lowest BCUT2D eigenvalue weighted by Gasteiger charge is -2.13. The van der Waals surface area contributed by atoms with E-state index in [9.17, 15) is 0 Å². The molecule has 2 N–H and O–H groups in total. The van der Waals surface area contributed by atoms with Crippen LogP contribution < -0.4 is 10.5 Å². The SMILES string of the molecule is CCC(N)Cc1ccc(Oc2ccc(Cl)cc2Cl)cc1Br. The van der Waals surface area contributed by atoms with Crippen LogP contribution in [0.5, 0.6) is 11.5 Å². The highest BCUT2D eigenvalue weighted by Crippen LogP contribution is 2.33. The van der Waals surface area contributed by atoms with Gasteiger partial charge < -0.3 is 10.5 Å². The Morgan fingerprint density at radius 3 is 2.57 bits per heavy atom. The Kier molecular flexibility index (Phi) is 5.94. The molecule has 2 aromatic rings. The third-order valence-corrected chi connectivity index (χ3v) is 4.42. The second-order valence-electron chi connectivity index (χ2n) is 4.80. The number of benzene rings is 2. The van der Waals surface area contributed by atoms with Crippen molar-refractivity contribution in [3.63, 3.8) is 0 Å². The third-order valence-electron chi connectivity index (χ3n) is 3.15. The van der Waals surface area contributed by atoms with Crippen molar-refractivity contribution in [2.75, 3.05) is 0 Å². The standard InChI is InChI=1S/C16H16BrCl2NO/c1-2-12(20)7-10-3-5-13(9-14(10)17)21-16-6-4-11(18)8-15(16)19/h3-6,8-9,12H,2,7,20H2,1H3. The second kappa shape index (κ2) is 7.50. The van der Waals surface area contributed by atoms with Gasteiger partial charge in [-0.05, 0) is 48.7 Å². The second-order valence-corrected chi connectivity index (χ2v) is 6.50. The predicted octanol–water partition coefficient (Wildman–Crippen LogP) is 5.83. The fourth-order valence-corrected chi connectivity index (χ4v) is 2.84. The summed E-state index contributed by atoms with van der Waals surface area (Å²) in [5, 5.41) is 1.06. The molecule has 21 heavy (non-hydrogen) atoms. The minimum absolute atomic E-state index is 0.166. The van der Waals surface area contributed by atoms with Gasteiger partial charge in [-0.25, -0.2) is 0 Å². The Bertz CT molecular complexity index is 634. The van der Waals surface area contributed by atoms with Crippen LogP contribution in [0.1, 0.15) is 18.9 Å². The van der Waals surface area contributed by atoms with E-state index in [-0.39, 0.29) is 6.04 Å². The van der Waals surface area contributed by atoms with E-state index in [2.05, 4.69) is 22.9 Å². The average Bonchev–Trinajstić information content (AvgIpc) is 2.44. The summed E-state index contributed by atoms with van der Waals surface area (Å²) in [6, 6.07) is 11.2. The van der Waals surface area contributed by atoms with Gasteiger partial charge in [0.05, 0.1) is 5.02 Å². The molecule has 1 unspecified atom stereocenters. The Morgan fingerprint density at radius 1 is 1.19 bits per heavy atom. The normalized spacial score (nSPS) is 12.2. The van der Waals surface area contributed by atoms with Crippen LogP contribution in [0.4, 0.5) is 0 Å². The summed E-state index contributed by atoms with van der Waals surface area (Å²) >= 11 is 15.5. The fraction of sp³-hybridized carbons (Fsp3) is 0.250. The molecule has 2 rings (SSSR count). The van der Waals surface area contributed by atoms with Crippen LogP contribution >= 0.6 is 39.1 Å². The summed E-state index contributed by atoms with van der Waals surface area (Å²) < 4.78 is 6.76. The molecule has 0 radical (unpaired) electrons. The smallest absolute Gasteiger partial charge is 0.146 e. The lowest BCUT2D eigenvalue weighted by Crippen LogP contribution is -2.21. The molecule has 0 aliphatic carbocycles. The molecule has 0 bridgehead atoms. The van der Waals surface area contributed by atoms with E-state index in [1.165, 1.54) is 5.56 Å². The van der Waals surface area contributed by atoms with E-state index in [0.717, 1.165) is 17.3 Å². The summed E-state index contributed by atoms with van der Waals surface area (Å²) in [7, 11) is 0. The first-order chi connectivity index (χ1) is 9.99. The Labute approximate surface area is 143 Å². The summed E-state index contributed by atoms with van der Waals surface area (Å²) in [6.45, 7) is 2.08. The largest absolute Gasteiger partial charge is 0.456 e. The lowest BCUT2D eigenvalue weighted by molar-refractivity contribution is 0.482. The average molecular weight is 389 g/mol. The number of hydrogen-bond donors (Lipinski definition) is 1. The van der Waals surface area contributed by atoms with Gasteiger partial charge in [0.15, 0.2) is 0 Å². The summed E-state index contributed by atoms with van der Waals surface area (Å²) in [4.78, 5) is 0. The molecular weight excluding hydrogens is 373 g/mol. The summed E-state index contributed by atoms with van der Waals surface area (Å²) in [6.07, 6.45) is 1.78. The van der Waals surface area contributed by atoms with Crippen molar-refractivity contribution in [2.45, 2.75) is 25.8 Å². The first-order valence-electron chi connectivity index (χ1n) is 6.66. The molecular formula is C16H16BrCl2NO. The monoisotopic (exact) mass is 387 g/mol. The Morgan fingerprint density at radius 2 is 1.95 bits per heavy atom. The van der Waals surface area contributed by atoms with E-state index in [1.807, 2.05) is 18.2 Å². The molecule has 5 heteroatoms. The van der Waals surface area contributed by atoms with Gasteiger partial charge in [0.25, 0.3) is 0 Å². The first-order valence-corrected chi connectivity index (χ1v) is 8.21. The Hall–Kier alpha value is -0.740. The van der Waals surface area contributed by atoms with Crippen LogP contribution in [0, 0.1) is 0 Å². The van der Waals surface area contributed by atoms with Crippen molar-refractivity contribution >= 4 is 39.1 Å². The quantitative estimate of drug-likeness (QED) is 0.699. The number of rotatable bonds is 5. The van der Waals surface area contributed by atoms with E-state index in [0.29, 0.717) is 21.5 Å². The predicted molar refractivity (Wildman–Crippen MR) is 92.6 cm³/mol. The molecule has 0 spiro atoms. The zero-order chi connectivity index (χ0) is 15.4. The first kappa shape index (κ1) is 16.6. The van der Waals surface area contributed by atoms with Crippen LogP contribution in [-0.4, -0.2) is 6.04 Å². The molecule has 2 aromatic carbocycles. The molecule has 2 nitrogen and oxygen atoms in total. The minimum Gasteiger partial charge on any atom is -0.456 e. The molecule has 0 fully saturated rings. The summed E-state index contributed by atoms with van der Waals surface area (Å²) in [5.74, 6) is 1.28. The topological polar surface area (TPSA) is 35.2 Å². The van der Waals surface area contributed by atoms with Crippen LogP contribution in [0.3, 0.4) is 0 Å². The maximum atomic E-state index is 6.10. The highest BCUT2D eigenvalue weighted by molar-refractivity contribution is 9.10. The van der Waals surface area contributed by atoms with E-state index in [1.54, 1.807) is 18.2 Å². The van der Waals surface area contributed by atoms with E-state index < -0.39 is 0 Å². The van der Waals surface area contributed by atoms with Gasteiger partial charge >= 0.3 is 0 Å².